The van der Waals surface area contributed by atoms with Gasteiger partial charge in [0.2, 0.25) is 0 Å². The fourth-order valence-corrected chi connectivity index (χ4v) is 3.55. The van der Waals surface area contributed by atoms with E-state index in [4.69, 9.17) is 0 Å². The molecule has 0 radical (unpaired) electrons. The van der Waals surface area contributed by atoms with Crippen LogP contribution in [0.2, 0.25) is 0 Å². The van der Waals surface area contributed by atoms with Crippen LogP contribution >= 0.6 is 11.8 Å². The predicted molar refractivity (Wildman–Crippen MR) is 83.1 cm³/mol. The Morgan fingerprint density at radius 1 is 1.47 bits per heavy atom. The molecule has 1 unspecified atom stereocenters. The Morgan fingerprint density at radius 2 is 2.32 bits per heavy atom. The van der Waals surface area contributed by atoms with Crippen LogP contribution in [0.15, 0.2) is 18.2 Å². The highest BCUT2D eigenvalue weighted by Crippen LogP contribution is 2.23. The lowest BCUT2D eigenvalue weighted by Gasteiger charge is -2.14. The molecule has 3 nitrogen and oxygen atoms in total. The maximum absolute atomic E-state index is 12.3. The highest BCUT2D eigenvalue weighted by atomic mass is 32.2. The molecule has 1 heterocycles. The van der Waals surface area contributed by atoms with Crippen LogP contribution in [-0.4, -0.2) is 30.5 Å². The van der Waals surface area contributed by atoms with Crippen LogP contribution in [0.4, 0.5) is 5.69 Å². The molecule has 19 heavy (non-hydrogen) atoms. The topological polar surface area (TPSA) is 41.1 Å². The lowest BCUT2D eigenvalue weighted by atomic mass is 10.1. The third kappa shape index (κ3) is 3.90. The van der Waals surface area contributed by atoms with Gasteiger partial charge in [0.25, 0.3) is 5.91 Å². The Balaban J connectivity index is 2.02. The molecule has 2 rings (SSSR count). The van der Waals surface area contributed by atoms with Gasteiger partial charge in [0.05, 0.1) is 5.56 Å². The Morgan fingerprint density at radius 3 is 3.00 bits per heavy atom. The standard InChI is InChI=1S/C15H22N2OS/c1-3-16-14-5-4-11(2)8-13(14)15(18)17-9-12-6-7-19-10-12/h4-5,8,12,16H,3,6-7,9-10H2,1-2H3,(H,17,18). The molecule has 1 aliphatic heterocycles. The van der Waals surface area contributed by atoms with Crippen LogP contribution in [0.3, 0.4) is 0 Å². The Hall–Kier alpha value is -1.16. The van der Waals surface area contributed by atoms with E-state index in [1.165, 1.54) is 17.9 Å². The van der Waals surface area contributed by atoms with E-state index in [9.17, 15) is 4.79 Å². The van der Waals surface area contributed by atoms with E-state index in [2.05, 4.69) is 10.6 Å². The zero-order valence-electron chi connectivity index (χ0n) is 11.7. The number of carbonyl (C=O) groups is 1. The number of thioether (sulfide) groups is 1. The first-order valence-electron chi connectivity index (χ1n) is 6.91. The second-order valence-electron chi connectivity index (χ2n) is 5.02. The van der Waals surface area contributed by atoms with Crippen LogP contribution < -0.4 is 10.6 Å². The van der Waals surface area contributed by atoms with Crippen LogP contribution in [0.1, 0.15) is 29.3 Å². The van der Waals surface area contributed by atoms with Gasteiger partial charge in [0, 0.05) is 18.8 Å². The third-order valence-electron chi connectivity index (χ3n) is 3.36. The van der Waals surface area contributed by atoms with Crippen LogP contribution in [0.25, 0.3) is 0 Å². The summed E-state index contributed by atoms with van der Waals surface area (Å²) in [6, 6.07) is 5.97. The first-order valence-corrected chi connectivity index (χ1v) is 8.06. The van der Waals surface area contributed by atoms with Crippen molar-refractivity contribution in [2.24, 2.45) is 5.92 Å². The average molecular weight is 278 g/mol. The first-order chi connectivity index (χ1) is 9.20. The lowest BCUT2D eigenvalue weighted by Crippen LogP contribution is -2.30. The molecule has 0 bridgehead atoms. The van der Waals surface area contributed by atoms with E-state index < -0.39 is 0 Å². The molecule has 1 aromatic rings. The summed E-state index contributed by atoms with van der Waals surface area (Å²) in [6.07, 6.45) is 1.22. The van der Waals surface area contributed by atoms with E-state index >= 15 is 0 Å². The maximum Gasteiger partial charge on any atom is 0.253 e. The van der Waals surface area contributed by atoms with E-state index in [-0.39, 0.29) is 5.91 Å². The molecule has 0 aromatic heterocycles. The summed E-state index contributed by atoms with van der Waals surface area (Å²) >= 11 is 1.98. The number of rotatable bonds is 5. The van der Waals surface area contributed by atoms with Gasteiger partial charge in [-0.05, 0) is 49.8 Å². The molecule has 2 N–H and O–H groups in total. The van der Waals surface area contributed by atoms with Gasteiger partial charge in [0.1, 0.15) is 0 Å². The second-order valence-corrected chi connectivity index (χ2v) is 6.17. The Labute approximate surface area is 119 Å². The first kappa shape index (κ1) is 14.3. The van der Waals surface area contributed by atoms with Crippen molar-refractivity contribution in [1.82, 2.24) is 5.32 Å². The zero-order valence-corrected chi connectivity index (χ0v) is 12.5. The summed E-state index contributed by atoms with van der Waals surface area (Å²) in [5, 5.41) is 6.32. The SMILES string of the molecule is CCNc1ccc(C)cc1C(=O)NCC1CCSC1. The molecule has 1 fully saturated rings. The van der Waals surface area contributed by atoms with Crippen molar-refractivity contribution < 1.29 is 4.79 Å². The molecule has 1 aliphatic rings. The number of amides is 1. The molecular formula is C15H22N2OS. The van der Waals surface area contributed by atoms with Crippen molar-refractivity contribution in [3.05, 3.63) is 29.3 Å². The smallest absolute Gasteiger partial charge is 0.253 e. The zero-order chi connectivity index (χ0) is 13.7. The molecule has 4 heteroatoms. The predicted octanol–water partition coefficient (Wildman–Crippen LogP) is 2.91. The summed E-state index contributed by atoms with van der Waals surface area (Å²) in [7, 11) is 0. The molecule has 0 aliphatic carbocycles. The number of anilines is 1. The van der Waals surface area contributed by atoms with Gasteiger partial charge in [-0.25, -0.2) is 0 Å². The van der Waals surface area contributed by atoms with Gasteiger partial charge in [-0.1, -0.05) is 11.6 Å². The molecule has 1 amide bonds. The summed E-state index contributed by atoms with van der Waals surface area (Å²) < 4.78 is 0. The minimum Gasteiger partial charge on any atom is -0.385 e. The fraction of sp³-hybridized carbons (Fsp3) is 0.533. The van der Waals surface area contributed by atoms with Gasteiger partial charge >= 0.3 is 0 Å². The summed E-state index contributed by atoms with van der Waals surface area (Å²) in [6.45, 7) is 5.67. The van der Waals surface area contributed by atoms with Crippen LogP contribution in [-0.2, 0) is 0 Å². The Kier molecular flexibility index (Phi) is 5.14. The molecule has 1 saturated heterocycles. The molecule has 0 spiro atoms. The van der Waals surface area contributed by atoms with Crippen molar-refractivity contribution in [3.63, 3.8) is 0 Å². The van der Waals surface area contributed by atoms with Crippen molar-refractivity contribution >= 4 is 23.4 Å². The molecule has 104 valence electrons. The molecule has 1 atom stereocenters. The lowest BCUT2D eigenvalue weighted by molar-refractivity contribution is 0.0949. The number of hydrogen-bond donors (Lipinski definition) is 2. The number of nitrogens with one attached hydrogen (secondary N) is 2. The minimum absolute atomic E-state index is 0.0385. The van der Waals surface area contributed by atoms with Crippen molar-refractivity contribution in [3.8, 4) is 0 Å². The summed E-state index contributed by atoms with van der Waals surface area (Å²) in [5.74, 6) is 3.08. The largest absolute Gasteiger partial charge is 0.385 e. The van der Waals surface area contributed by atoms with Crippen molar-refractivity contribution in [2.45, 2.75) is 20.3 Å². The van der Waals surface area contributed by atoms with Crippen LogP contribution in [0, 0.1) is 12.8 Å². The number of hydrogen-bond acceptors (Lipinski definition) is 3. The van der Waals surface area contributed by atoms with Crippen LogP contribution in [0.5, 0.6) is 0 Å². The minimum atomic E-state index is 0.0385. The van der Waals surface area contributed by atoms with Gasteiger partial charge in [-0.3, -0.25) is 4.79 Å². The van der Waals surface area contributed by atoms with E-state index in [0.29, 0.717) is 5.92 Å². The summed E-state index contributed by atoms with van der Waals surface area (Å²) in [4.78, 5) is 12.3. The van der Waals surface area contributed by atoms with Crippen molar-refractivity contribution in [1.29, 1.82) is 0 Å². The highest BCUT2D eigenvalue weighted by Gasteiger charge is 2.17. The Bertz CT molecular complexity index is 442. The van der Waals surface area contributed by atoms with Gasteiger partial charge in [0.15, 0.2) is 0 Å². The summed E-state index contributed by atoms with van der Waals surface area (Å²) in [5.41, 5.74) is 2.79. The van der Waals surface area contributed by atoms with E-state index in [1.54, 1.807) is 0 Å². The van der Waals surface area contributed by atoms with E-state index in [0.717, 1.165) is 29.9 Å². The number of benzene rings is 1. The van der Waals surface area contributed by atoms with E-state index in [1.807, 2.05) is 43.8 Å². The maximum atomic E-state index is 12.3. The molecule has 1 aromatic carbocycles. The fourth-order valence-electron chi connectivity index (χ4n) is 2.27. The number of carbonyl (C=O) groups excluding carboxylic acids is 1. The normalized spacial score (nSPS) is 18.3. The average Bonchev–Trinajstić information content (AvgIpc) is 2.91. The van der Waals surface area contributed by atoms with Crippen molar-refractivity contribution in [2.75, 3.05) is 29.9 Å². The highest BCUT2D eigenvalue weighted by molar-refractivity contribution is 7.99. The molecular weight excluding hydrogens is 256 g/mol. The quantitative estimate of drug-likeness (QED) is 0.870. The monoisotopic (exact) mass is 278 g/mol. The van der Waals surface area contributed by atoms with Gasteiger partial charge in [-0.2, -0.15) is 11.8 Å². The van der Waals surface area contributed by atoms with Gasteiger partial charge < -0.3 is 10.6 Å². The third-order valence-corrected chi connectivity index (χ3v) is 4.59. The van der Waals surface area contributed by atoms with Gasteiger partial charge in [-0.15, -0.1) is 0 Å². The second kappa shape index (κ2) is 6.85. The molecule has 0 saturated carbocycles. The number of aryl methyl sites for hydroxylation is 1.